The third-order valence-corrected chi connectivity index (χ3v) is 6.60. The predicted molar refractivity (Wildman–Crippen MR) is 111 cm³/mol. The number of amides is 3. The van der Waals surface area contributed by atoms with Gasteiger partial charge in [-0.3, -0.25) is 14.6 Å². The van der Waals surface area contributed by atoms with Crippen LogP contribution in [-0.4, -0.2) is 78.2 Å². The summed E-state index contributed by atoms with van der Waals surface area (Å²) in [6.07, 6.45) is 3.54. The van der Waals surface area contributed by atoms with Gasteiger partial charge in [-0.15, -0.1) is 0 Å². The summed E-state index contributed by atoms with van der Waals surface area (Å²) < 4.78 is 5.78. The summed E-state index contributed by atoms with van der Waals surface area (Å²) in [6, 6.07) is 9.65. The molecule has 0 bridgehead atoms. The summed E-state index contributed by atoms with van der Waals surface area (Å²) in [5, 5.41) is 3.02. The van der Waals surface area contributed by atoms with Gasteiger partial charge in [0.05, 0.1) is 6.67 Å². The van der Waals surface area contributed by atoms with Crippen molar-refractivity contribution < 1.29 is 14.3 Å². The number of piperazine rings is 1. The van der Waals surface area contributed by atoms with E-state index in [0.717, 1.165) is 64.2 Å². The number of hydrogen-bond acceptors (Lipinski definition) is 5. The molecule has 7 nitrogen and oxygen atoms in total. The molecule has 1 aromatic rings. The molecule has 158 valence electrons. The van der Waals surface area contributed by atoms with Gasteiger partial charge in [-0.25, -0.2) is 9.69 Å². The first kappa shape index (κ1) is 20.2. The first-order valence-corrected chi connectivity index (χ1v) is 10.8. The molecular formula is C22H32N4O3. The summed E-state index contributed by atoms with van der Waals surface area (Å²) in [5.74, 6) is 1.52. The van der Waals surface area contributed by atoms with Gasteiger partial charge in [0, 0.05) is 32.7 Å². The van der Waals surface area contributed by atoms with Crippen LogP contribution in [0.2, 0.25) is 0 Å². The zero-order chi connectivity index (χ0) is 20.3. The van der Waals surface area contributed by atoms with Crippen LogP contribution in [-0.2, 0) is 4.79 Å². The quantitative estimate of drug-likeness (QED) is 0.742. The van der Waals surface area contributed by atoms with E-state index in [1.165, 1.54) is 4.90 Å². The first-order chi connectivity index (χ1) is 14.1. The van der Waals surface area contributed by atoms with Crippen molar-refractivity contribution in [2.75, 3.05) is 46.0 Å². The number of imide groups is 1. The number of carbonyl (C=O) groups excluding carboxylic acids is 2. The molecule has 4 rings (SSSR count). The zero-order valence-electron chi connectivity index (χ0n) is 17.3. The Kier molecular flexibility index (Phi) is 6.06. The maximum absolute atomic E-state index is 13.0. The van der Waals surface area contributed by atoms with Gasteiger partial charge in [0.2, 0.25) is 0 Å². The fraction of sp³-hybridized carbons (Fsp3) is 0.636. The number of nitrogens with zero attached hydrogens (tertiary/aromatic N) is 3. The molecule has 2 aliphatic heterocycles. The molecule has 1 spiro atoms. The van der Waals surface area contributed by atoms with Gasteiger partial charge in [0.25, 0.3) is 5.91 Å². The second-order valence-corrected chi connectivity index (χ2v) is 8.69. The molecule has 0 radical (unpaired) electrons. The van der Waals surface area contributed by atoms with Crippen LogP contribution in [0, 0.1) is 5.92 Å². The molecule has 2 heterocycles. The van der Waals surface area contributed by atoms with E-state index >= 15 is 0 Å². The maximum Gasteiger partial charge on any atom is 0.326 e. The van der Waals surface area contributed by atoms with E-state index in [0.29, 0.717) is 19.2 Å². The lowest BCUT2D eigenvalue weighted by molar-refractivity contribution is -0.134. The van der Waals surface area contributed by atoms with Crippen LogP contribution < -0.4 is 10.1 Å². The van der Waals surface area contributed by atoms with Crippen molar-refractivity contribution in [1.82, 2.24) is 20.0 Å². The normalized spacial score (nSPS) is 28.7. The van der Waals surface area contributed by atoms with Crippen molar-refractivity contribution in [3.63, 3.8) is 0 Å². The summed E-state index contributed by atoms with van der Waals surface area (Å²) in [7, 11) is 0. The largest absolute Gasteiger partial charge is 0.492 e. The van der Waals surface area contributed by atoms with Crippen molar-refractivity contribution in [3.8, 4) is 5.75 Å². The zero-order valence-corrected chi connectivity index (χ0v) is 17.3. The molecule has 29 heavy (non-hydrogen) atoms. The maximum atomic E-state index is 13.0. The second-order valence-electron chi connectivity index (χ2n) is 8.69. The van der Waals surface area contributed by atoms with Crippen LogP contribution in [0.1, 0.15) is 32.6 Å². The molecule has 1 aliphatic carbocycles. The minimum atomic E-state index is -0.639. The Morgan fingerprint density at radius 2 is 1.69 bits per heavy atom. The highest BCUT2D eigenvalue weighted by molar-refractivity contribution is 6.07. The van der Waals surface area contributed by atoms with E-state index in [1.54, 1.807) is 0 Å². The topological polar surface area (TPSA) is 65.1 Å². The number of rotatable bonds is 6. The fourth-order valence-electron chi connectivity index (χ4n) is 4.56. The van der Waals surface area contributed by atoms with E-state index < -0.39 is 5.54 Å². The Bertz CT molecular complexity index is 710. The minimum absolute atomic E-state index is 0.0203. The van der Waals surface area contributed by atoms with Gasteiger partial charge in [-0.1, -0.05) is 25.1 Å². The molecule has 1 saturated carbocycles. The minimum Gasteiger partial charge on any atom is -0.492 e. The number of hydrogen-bond donors (Lipinski definition) is 1. The summed E-state index contributed by atoms with van der Waals surface area (Å²) in [4.78, 5) is 31.5. The lowest BCUT2D eigenvalue weighted by atomic mass is 9.77. The predicted octanol–water partition coefficient (Wildman–Crippen LogP) is 2.14. The summed E-state index contributed by atoms with van der Waals surface area (Å²) in [6.45, 7) is 7.71. The number of carbonyl (C=O) groups is 2. The summed E-state index contributed by atoms with van der Waals surface area (Å²) in [5.41, 5.74) is -0.639. The highest BCUT2D eigenvalue weighted by atomic mass is 16.5. The Morgan fingerprint density at radius 3 is 2.38 bits per heavy atom. The Balaban J connectivity index is 1.21. The van der Waals surface area contributed by atoms with Crippen molar-refractivity contribution >= 4 is 11.9 Å². The van der Waals surface area contributed by atoms with E-state index in [-0.39, 0.29) is 11.9 Å². The molecular weight excluding hydrogens is 368 g/mol. The number of para-hydroxylation sites is 1. The van der Waals surface area contributed by atoms with Crippen molar-refractivity contribution in [1.29, 1.82) is 0 Å². The number of nitrogens with one attached hydrogen (secondary N) is 1. The lowest BCUT2D eigenvalue weighted by Gasteiger charge is -2.36. The van der Waals surface area contributed by atoms with Gasteiger partial charge in [-0.2, -0.15) is 0 Å². The fourth-order valence-corrected chi connectivity index (χ4v) is 4.56. The number of urea groups is 1. The van der Waals surface area contributed by atoms with Gasteiger partial charge < -0.3 is 10.1 Å². The molecule has 1 aromatic carbocycles. The van der Waals surface area contributed by atoms with E-state index in [1.807, 2.05) is 30.3 Å². The molecule has 0 atom stereocenters. The van der Waals surface area contributed by atoms with Crippen molar-refractivity contribution in [3.05, 3.63) is 30.3 Å². The van der Waals surface area contributed by atoms with Gasteiger partial charge in [-0.05, 0) is 43.7 Å². The molecule has 0 unspecified atom stereocenters. The van der Waals surface area contributed by atoms with Gasteiger partial charge >= 0.3 is 6.03 Å². The Labute approximate surface area is 173 Å². The molecule has 3 amide bonds. The number of ether oxygens (including phenoxy) is 1. The Morgan fingerprint density at radius 1 is 1.03 bits per heavy atom. The van der Waals surface area contributed by atoms with Crippen molar-refractivity contribution in [2.45, 2.75) is 38.1 Å². The monoisotopic (exact) mass is 400 g/mol. The summed E-state index contributed by atoms with van der Waals surface area (Å²) >= 11 is 0. The van der Waals surface area contributed by atoms with Crippen LogP contribution >= 0.6 is 0 Å². The highest BCUT2D eigenvalue weighted by Crippen LogP contribution is 2.36. The van der Waals surface area contributed by atoms with Gasteiger partial charge in [0.15, 0.2) is 0 Å². The van der Waals surface area contributed by atoms with E-state index in [9.17, 15) is 9.59 Å². The first-order valence-electron chi connectivity index (χ1n) is 10.8. The molecule has 3 fully saturated rings. The van der Waals surface area contributed by atoms with E-state index in [4.69, 9.17) is 4.74 Å². The molecule has 1 N–H and O–H groups in total. The third kappa shape index (κ3) is 4.56. The van der Waals surface area contributed by atoms with Crippen LogP contribution in [0.25, 0.3) is 0 Å². The SMILES string of the molecule is CC1CCC2(CC1)NC(=O)N(CN1CCN(CCOc3ccccc3)CC1)C2=O. The van der Waals surface area contributed by atoms with Gasteiger partial charge in [0.1, 0.15) is 17.9 Å². The smallest absolute Gasteiger partial charge is 0.326 e. The molecule has 3 aliphatic rings. The van der Waals surface area contributed by atoms with Crippen LogP contribution in [0.5, 0.6) is 5.75 Å². The van der Waals surface area contributed by atoms with Crippen LogP contribution in [0.15, 0.2) is 30.3 Å². The average Bonchev–Trinajstić information content (AvgIpc) is 2.96. The Hall–Kier alpha value is -2.12. The highest BCUT2D eigenvalue weighted by Gasteiger charge is 2.52. The van der Waals surface area contributed by atoms with E-state index in [2.05, 4.69) is 22.0 Å². The second kappa shape index (κ2) is 8.71. The standard InChI is InChI=1S/C22H32N4O3/c1-18-7-9-22(10-8-18)20(27)26(21(28)23-22)17-25-13-11-24(12-14-25)15-16-29-19-5-3-2-4-6-19/h2-6,18H,7-17H2,1H3,(H,23,28). The lowest BCUT2D eigenvalue weighted by Crippen LogP contribution is -2.53. The van der Waals surface area contributed by atoms with Crippen LogP contribution in [0.3, 0.4) is 0 Å². The van der Waals surface area contributed by atoms with Crippen LogP contribution in [0.4, 0.5) is 4.79 Å². The number of benzene rings is 1. The average molecular weight is 401 g/mol. The molecule has 7 heteroatoms. The third-order valence-electron chi connectivity index (χ3n) is 6.60. The molecule has 0 aromatic heterocycles. The van der Waals surface area contributed by atoms with Crippen molar-refractivity contribution in [2.24, 2.45) is 5.92 Å². The molecule has 2 saturated heterocycles.